The van der Waals surface area contributed by atoms with Gasteiger partial charge in [-0.15, -0.1) is 0 Å². The van der Waals surface area contributed by atoms with E-state index in [1.54, 1.807) is 6.08 Å². The van der Waals surface area contributed by atoms with Crippen LogP contribution in [0, 0.1) is 11.8 Å². The van der Waals surface area contributed by atoms with Gasteiger partial charge < -0.3 is 15.3 Å². The zero-order chi connectivity index (χ0) is 20.1. The number of unbranched alkanes of at least 4 members (excludes halogenated alkanes) is 5. The predicted molar refractivity (Wildman–Crippen MR) is 106 cm³/mol. The van der Waals surface area contributed by atoms with Crippen molar-refractivity contribution in [1.29, 1.82) is 0 Å². The fourth-order valence-electron chi connectivity index (χ4n) is 3.57. The molecular weight excluding hydrogens is 344 g/mol. The molecule has 0 aromatic carbocycles. The summed E-state index contributed by atoms with van der Waals surface area (Å²) in [6.07, 6.45) is 14.7. The third kappa shape index (κ3) is 9.87. The molecule has 0 bridgehead atoms. The van der Waals surface area contributed by atoms with Gasteiger partial charge in [-0.2, -0.15) is 0 Å². The van der Waals surface area contributed by atoms with Crippen LogP contribution in [0.15, 0.2) is 24.3 Å². The van der Waals surface area contributed by atoms with E-state index < -0.39 is 18.2 Å². The number of carbonyl (C=O) groups excluding carboxylic acids is 1. The molecule has 0 radical (unpaired) electrons. The molecule has 0 aromatic rings. The molecule has 5 nitrogen and oxygen atoms in total. The van der Waals surface area contributed by atoms with Crippen LogP contribution in [0.1, 0.15) is 77.6 Å². The number of carboxylic acid groups (broad SMARTS) is 1. The summed E-state index contributed by atoms with van der Waals surface area (Å²) in [6.45, 7) is 2.17. The summed E-state index contributed by atoms with van der Waals surface area (Å²) >= 11 is 0. The zero-order valence-corrected chi connectivity index (χ0v) is 16.6. The van der Waals surface area contributed by atoms with Crippen molar-refractivity contribution in [2.75, 3.05) is 0 Å². The van der Waals surface area contributed by atoms with Crippen LogP contribution in [-0.4, -0.2) is 39.3 Å². The molecule has 1 aliphatic rings. The van der Waals surface area contributed by atoms with Gasteiger partial charge in [0, 0.05) is 24.7 Å². The van der Waals surface area contributed by atoms with Gasteiger partial charge in [0.1, 0.15) is 5.78 Å². The average molecular weight is 381 g/mol. The van der Waals surface area contributed by atoms with Crippen LogP contribution >= 0.6 is 0 Å². The van der Waals surface area contributed by atoms with E-state index in [1.807, 2.05) is 18.2 Å². The minimum atomic E-state index is -0.799. The van der Waals surface area contributed by atoms with Crippen LogP contribution in [-0.2, 0) is 9.59 Å². The molecule has 4 atom stereocenters. The highest BCUT2D eigenvalue weighted by atomic mass is 16.4. The lowest BCUT2D eigenvalue weighted by Crippen LogP contribution is -2.18. The summed E-state index contributed by atoms with van der Waals surface area (Å²) in [5.74, 6) is -1.26. The molecule has 0 saturated heterocycles. The number of carboxylic acids is 1. The van der Waals surface area contributed by atoms with Crippen molar-refractivity contribution in [3.63, 3.8) is 0 Å². The minimum absolute atomic E-state index is 0.0568. The Hall–Kier alpha value is -1.46. The van der Waals surface area contributed by atoms with Gasteiger partial charge in [-0.05, 0) is 25.7 Å². The van der Waals surface area contributed by atoms with Crippen molar-refractivity contribution in [2.24, 2.45) is 11.8 Å². The quantitative estimate of drug-likeness (QED) is 0.312. The maximum atomic E-state index is 12.2. The van der Waals surface area contributed by atoms with Gasteiger partial charge in [0.2, 0.25) is 0 Å². The molecule has 27 heavy (non-hydrogen) atoms. The highest BCUT2D eigenvalue weighted by Gasteiger charge is 2.39. The number of aliphatic hydroxyl groups excluding tert-OH is 2. The summed E-state index contributed by atoms with van der Waals surface area (Å²) in [7, 11) is 0. The summed E-state index contributed by atoms with van der Waals surface area (Å²) in [4.78, 5) is 22.6. The van der Waals surface area contributed by atoms with E-state index in [0.717, 1.165) is 12.8 Å². The normalized spacial score (nSPS) is 24.3. The monoisotopic (exact) mass is 380 g/mol. The van der Waals surface area contributed by atoms with Crippen molar-refractivity contribution >= 4 is 11.8 Å². The first-order valence-corrected chi connectivity index (χ1v) is 10.4. The molecule has 0 heterocycles. The molecule has 3 N–H and O–H groups in total. The second-order valence-corrected chi connectivity index (χ2v) is 7.57. The summed E-state index contributed by atoms with van der Waals surface area (Å²) in [6, 6.07) is 0. The Morgan fingerprint density at radius 3 is 2.63 bits per heavy atom. The highest BCUT2D eigenvalue weighted by Crippen LogP contribution is 2.33. The Morgan fingerprint density at radius 2 is 1.93 bits per heavy atom. The molecule has 1 rings (SSSR count). The molecule has 0 aliphatic heterocycles. The predicted octanol–water partition coefficient (Wildman–Crippen LogP) is 4.03. The van der Waals surface area contributed by atoms with Gasteiger partial charge in [-0.1, -0.05) is 63.3 Å². The van der Waals surface area contributed by atoms with Gasteiger partial charge in [-0.25, -0.2) is 0 Å². The lowest BCUT2D eigenvalue weighted by Gasteiger charge is -2.16. The number of carbonyl (C=O) groups is 2. The molecule has 5 heteroatoms. The Labute approximate surface area is 163 Å². The third-order valence-electron chi connectivity index (χ3n) is 5.21. The van der Waals surface area contributed by atoms with Crippen molar-refractivity contribution < 1.29 is 24.9 Å². The number of hydrogen-bond donors (Lipinski definition) is 3. The molecule has 0 amide bonds. The van der Waals surface area contributed by atoms with Crippen molar-refractivity contribution in [3.8, 4) is 0 Å². The zero-order valence-electron chi connectivity index (χ0n) is 16.6. The van der Waals surface area contributed by atoms with Crippen molar-refractivity contribution in [1.82, 2.24) is 0 Å². The number of allylic oxidation sites excluding steroid dienone is 2. The third-order valence-corrected chi connectivity index (χ3v) is 5.21. The molecule has 1 fully saturated rings. The van der Waals surface area contributed by atoms with Crippen LogP contribution < -0.4 is 0 Å². The molecular formula is C22H36O5. The van der Waals surface area contributed by atoms with Gasteiger partial charge in [-0.3, -0.25) is 9.59 Å². The summed E-state index contributed by atoms with van der Waals surface area (Å²) in [5, 5.41) is 28.9. The topological polar surface area (TPSA) is 94.8 Å². The first kappa shape index (κ1) is 23.6. The van der Waals surface area contributed by atoms with E-state index in [-0.39, 0.29) is 30.5 Å². The number of rotatable bonds is 14. The summed E-state index contributed by atoms with van der Waals surface area (Å²) in [5.41, 5.74) is 0. The Kier molecular flexibility index (Phi) is 11.9. The first-order valence-electron chi connectivity index (χ1n) is 10.4. The lowest BCUT2D eigenvalue weighted by molar-refractivity contribution is -0.137. The summed E-state index contributed by atoms with van der Waals surface area (Å²) < 4.78 is 0. The van der Waals surface area contributed by atoms with E-state index in [9.17, 15) is 19.8 Å². The fourth-order valence-corrected chi connectivity index (χ4v) is 3.57. The van der Waals surface area contributed by atoms with Gasteiger partial charge in [0.15, 0.2) is 0 Å². The molecule has 4 unspecified atom stereocenters. The SMILES string of the molecule is CCCCCCCC(O)C=CC1C(O)CC(=O)C1CC=CCCCC(=O)O. The van der Waals surface area contributed by atoms with E-state index in [0.29, 0.717) is 25.7 Å². The molecule has 154 valence electrons. The average Bonchev–Trinajstić information content (AvgIpc) is 2.88. The van der Waals surface area contributed by atoms with E-state index >= 15 is 0 Å². The van der Waals surface area contributed by atoms with Crippen LogP contribution in [0.5, 0.6) is 0 Å². The van der Waals surface area contributed by atoms with Crippen LogP contribution in [0.4, 0.5) is 0 Å². The van der Waals surface area contributed by atoms with Gasteiger partial charge >= 0.3 is 5.97 Å². The van der Waals surface area contributed by atoms with Crippen LogP contribution in [0.25, 0.3) is 0 Å². The van der Waals surface area contributed by atoms with Crippen molar-refractivity contribution in [2.45, 2.75) is 89.8 Å². The first-order chi connectivity index (χ1) is 13.0. The number of Topliss-reactive ketones (excluding diaryl/α,β-unsaturated/α-hetero) is 1. The van der Waals surface area contributed by atoms with E-state index in [2.05, 4.69) is 6.92 Å². The maximum absolute atomic E-state index is 12.2. The second kappa shape index (κ2) is 13.7. The lowest BCUT2D eigenvalue weighted by atomic mass is 9.90. The van der Waals surface area contributed by atoms with E-state index in [4.69, 9.17) is 5.11 Å². The Morgan fingerprint density at radius 1 is 1.19 bits per heavy atom. The van der Waals surface area contributed by atoms with Crippen LogP contribution in [0.2, 0.25) is 0 Å². The van der Waals surface area contributed by atoms with Crippen LogP contribution in [0.3, 0.4) is 0 Å². The molecule has 1 saturated carbocycles. The minimum Gasteiger partial charge on any atom is -0.481 e. The molecule has 1 aliphatic carbocycles. The van der Waals surface area contributed by atoms with Gasteiger partial charge in [0.05, 0.1) is 12.2 Å². The maximum Gasteiger partial charge on any atom is 0.303 e. The number of aliphatic carboxylic acids is 1. The van der Waals surface area contributed by atoms with Gasteiger partial charge in [0.25, 0.3) is 0 Å². The standard InChI is InChI=1S/C22H36O5/c1-2-3-4-5-8-11-17(23)14-15-19-18(20(24)16-21(19)25)12-9-6-7-10-13-22(26)27/h6,9,14-15,17-19,21,23,25H,2-5,7-8,10-13,16H2,1H3,(H,26,27). The number of hydrogen-bond acceptors (Lipinski definition) is 4. The second-order valence-electron chi connectivity index (χ2n) is 7.57. The number of aliphatic hydroxyl groups is 2. The van der Waals surface area contributed by atoms with E-state index in [1.165, 1.54) is 19.3 Å². The Bertz CT molecular complexity index is 497. The highest BCUT2D eigenvalue weighted by molar-refractivity contribution is 5.84. The van der Waals surface area contributed by atoms with Crippen molar-refractivity contribution in [3.05, 3.63) is 24.3 Å². The smallest absolute Gasteiger partial charge is 0.303 e. The number of ketones is 1. The fraction of sp³-hybridized carbons (Fsp3) is 0.727. The largest absolute Gasteiger partial charge is 0.481 e. The molecule has 0 aromatic heterocycles. The Balaban J connectivity index is 2.42. The molecule has 0 spiro atoms.